The van der Waals surface area contributed by atoms with E-state index in [1.165, 1.54) is 5.56 Å². The summed E-state index contributed by atoms with van der Waals surface area (Å²) in [4.78, 5) is 3.20. The van der Waals surface area contributed by atoms with Crippen molar-refractivity contribution in [2.45, 2.75) is 19.9 Å². The minimum Gasteiger partial charge on any atom is -0.361 e. The van der Waals surface area contributed by atoms with Crippen LogP contribution in [0.4, 0.5) is 0 Å². The Balaban J connectivity index is 3.02. The first-order valence-corrected chi connectivity index (χ1v) is 3.69. The third-order valence-corrected chi connectivity index (χ3v) is 1.78. The van der Waals surface area contributed by atoms with Crippen molar-refractivity contribution in [3.05, 3.63) is 35.7 Å². The number of rotatable bonds is 2. The molecule has 0 aromatic carbocycles. The van der Waals surface area contributed by atoms with Crippen LogP contribution in [-0.4, -0.2) is 4.98 Å². The molecule has 1 rings (SSSR count). The number of nitrogens with one attached hydrogen (secondary N) is 1. The molecule has 0 saturated heterocycles. The van der Waals surface area contributed by atoms with Gasteiger partial charge in [-0.2, -0.15) is 0 Å². The fourth-order valence-electron chi connectivity index (χ4n) is 1.21. The van der Waals surface area contributed by atoms with E-state index >= 15 is 0 Å². The Morgan fingerprint density at radius 1 is 1.64 bits per heavy atom. The minimum atomic E-state index is -0.0660. The minimum absolute atomic E-state index is 0.0660. The molecule has 1 heterocycles. The summed E-state index contributed by atoms with van der Waals surface area (Å²) in [5.74, 6) is 0. The molecule has 2 nitrogen and oxygen atoms in total. The zero-order chi connectivity index (χ0) is 8.43. The van der Waals surface area contributed by atoms with Crippen molar-refractivity contribution in [2.75, 3.05) is 0 Å². The molecule has 11 heavy (non-hydrogen) atoms. The Morgan fingerprint density at radius 2 is 2.27 bits per heavy atom. The van der Waals surface area contributed by atoms with Crippen molar-refractivity contribution in [3.63, 3.8) is 0 Å². The second-order valence-corrected chi connectivity index (χ2v) is 2.81. The van der Waals surface area contributed by atoms with Gasteiger partial charge in [0.05, 0.1) is 6.04 Å². The summed E-state index contributed by atoms with van der Waals surface area (Å²) in [6.45, 7) is 7.71. The van der Waals surface area contributed by atoms with E-state index in [4.69, 9.17) is 5.73 Å². The first-order valence-electron chi connectivity index (χ1n) is 3.69. The van der Waals surface area contributed by atoms with E-state index in [-0.39, 0.29) is 6.04 Å². The number of H-pyrrole nitrogens is 1. The highest BCUT2D eigenvalue weighted by Crippen LogP contribution is 2.15. The smallest absolute Gasteiger partial charge is 0.0633 e. The predicted molar refractivity (Wildman–Crippen MR) is 47.4 cm³/mol. The Morgan fingerprint density at radius 3 is 2.64 bits per heavy atom. The van der Waals surface area contributed by atoms with E-state index in [2.05, 4.69) is 17.6 Å². The lowest BCUT2D eigenvalue weighted by atomic mass is 10.1. The van der Waals surface area contributed by atoms with Crippen LogP contribution in [0, 0.1) is 13.8 Å². The van der Waals surface area contributed by atoms with Crippen LogP contribution in [0.5, 0.6) is 0 Å². The Bertz CT molecular complexity index is 261. The van der Waals surface area contributed by atoms with Crippen LogP contribution >= 0.6 is 0 Å². The maximum absolute atomic E-state index is 5.76. The molecule has 1 aromatic rings. The Hall–Kier alpha value is -1.02. The van der Waals surface area contributed by atoms with Gasteiger partial charge in [0.15, 0.2) is 0 Å². The van der Waals surface area contributed by atoms with Crippen LogP contribution in [-0.2, 0) is 0 Å². The lowest BCUT2D eigenvalue weighted by Gasteiger charge is -2.04. The van der Waals surface area contributed by atoms with Crippen molar-refractivity contribution >= 4 is 0 Å². The molecule has 0 bridgehead atoms. The van der Waals surface area contributed by atoms with Gasteiger partial charge >= 0.3 is 0 Å². The third-order valence-electron chi connectivity index (χ3n) is 1.78. The molecule has 1 unspecified atom stereocenters. The summed E-state index contributed by atoms with van der Waals surface area (Å²) in [6, 6.07) is 2.02. The molecular formula is C9H14N2. The Labute approximate surface area is 67.1 Å². The number of hydrogen-bond acceptors (Lipinski definition) is 1. The van der Waals surface area contributed by atoms with Crippen LogP contribution in [0.2, 0.25) is 0 Å². The number of nitrogens with two attached hydrogens (primary N) is 1. The summed E-state index contributed by atoms with van der Waals surface area (Å²) < 4.78 is 0. The molecule has 0 aliphatic carbocycles. The largest absolute Gasteiger partial charge is 0.361 e. The Kier molecular flexibility index (Phi) is 2.15. The van der Waals surface area contributed by atoms with Gasteiger partial charge in [0.25, 0.3) is 0 Å². The normalized spacial score (nSPS) is 13.0. The van der Waals surface area contributed by atoms with Crippen LogP contribution in [0.25, 0.3) is 0 Å². The van der Waals surface area contributed by atoms with Crippen LogP contribution in [0.15, 0.2) is 18.7 Å². The van der Waals surface area contributed by atoms with E-state index in [9.17, 15) is 0 Å². The molecule has 0 saturated carbocycles. The predicted octanol–water partition coefficient (Wildman–Crippen LogP) is 1.82. The molecule has 2 heteroatoms. The molecule has 60 valence electrons. The third kappa shape index (κ3) is 1.52. The molecule has 0 spiro atoms. The van der Waals surface area contributed by atoms with Crippen LogP contribution in [0.3, 0.4) is 0 Å². The van der Waals surface area contributed by atoms with Gasteiger partial charge in [0, 0.05) is 11.4 Å². The second-order valence-electron chi connectivity index (χ2n) is 2.81. The summed E-state index contributed by atoms with van der Waals surface area (Å²) >= 11 is 0. The zero-order valence-electron chi connectivity index (χ0n) is 7.02. The quantitative estimate of drug-likeness (QED) is 0.620. The van der Waals surface area contributed by atoms with Crippen LogP contribution < -0.4 is 5.73 Å². The highest BCUT2D eigenvalue weighted by molar-refractivity contribution is 5.28. The highest BCUT2D eigenvalue weighted by Gasteiger charge is 2.06. The van der Waals surface area contributed by atoms with E-state index in [1.807, 2.05) is 13.8 Å². The fourth-order valence-corrected chi connectivity index (χ4v) is 1.21. The summed E-state index contributed by atoms with van der Waals surface area (Å²) in [6.07, 6.45) is 1.73. The maximum atomic E-state index is 5.76. The molecule has 3 N–H and O–H groups in total. The first kappa shape index (κ1) is 8.08. The molecule has 0 radical (unpaired) electrons. The number of aromatic nitrogens is 1. The summed E-state index contributed by atoms with van der Waals surface area (Å²) in [5.41, 5.74) is 9.18. The standard InChI is InChI=1S/C9H14N2/c1-4-8(10)9-6(2)5-7(3)11-9/h4-5,8,11H,1,10H2,2-3H3. The molecule has 0 aliphatic heterocycles. The second kappa shape index (κ2) is 2.93. The monoisotopic (exact) mass is 150 g/mol. The average molecular weight is 150 g/mol. The molecule has 0 aliphatic rings. The van der Waals surface area contributed by atoms with Crippen molar-refractivity contribution in [2.24, 2.45) is 5.73 Å². The number of aryl methyl sites for hydroxylation is 2. The van der Waals surface area contributed by atoms with E-state index < -0.39 is 0 Å². The van der Waals surface area contributed by atoms with Gasteiger partial charge in [0.1, 0.15) is 0 Å². The first-order chi connectivity index (χ1) is 5.15. The molecule has 0 fully saturated rings. The van der Waals surface area contributed by atoms with Crippen molar-refractivity contribution in [1.29, 1.82) is 0 Å². The fraction of sp³-hybridized carbons (Fsp3) is 0.333. The lowest BCUT2D eigenvalue weighted by molar-refractivity contribution is 0.861. The lowest BCUT2D eigenvalue weighted by Crippen LogP contribution is -2.08. The van der Waals surface area contributed by atoms with Gasteiger partial charge in [-0.05, 0) is 25.5 Å². The average Bonchev–Trinajstić information content (AvgIpc) is 2.28. The van der Waals surface area contributed by atoms with E-state index in [0.717, 1.165) is 11.4 Å². The van der Waals surface area contributed by atoms with Gasteiger partial charge in [-0.15, -0.1) is 6.58 Å². The van der Waals surface area contributed by atoms with Gasteiger partial charge in [-0.25, -0.2) is 0 Å². The molecule has 1 aromatic heterocycles. The van der Waals surface area contributed by atoms with Gasteiger partial charge in [-0.3, -0.25) is 0 Å². The van der Waals surface area contributed by atoms with Gasteiger partial charge in [0.2, 0.25) is 0 Å². The van der Waals surface area contributed by atoms with Gasteiger partial charge < -0.3 is 10.7 Å². The topological polar surface area (TPSA) is 41.8 Å². The number of hydrogen-bond donors (Lipinski definition) is 2. The molecular weight excluding hydrogens is 136 g/mol. The van der Waals surface area contributed by atoms with Gasteiger partial charge in [-0.1, -0.05) is 6.08 Å². The highest BCUT2D eigenvalue weighted by atomic mass is 14.8. The zero-order valence-corrected chi connectivity index (χ0v) is 7.02. The SMILES string of the molecule is C=CC(N)c1[nH]c(C)cc1C. The van der Waals surface area contributed by atoms with Crippen molar-refractivity contribution < 1.29 is 0 Å². The van der Waals surface area contributed by atoms with Crippen LogP contribution in [0.1, 0.15) is 23.0 Å². The van der Waals surface area contributed by atoms with Crippen molar-refractivity contribution in [1.82, 2.24) is 4.98 Å². The van der Waals surface area contributed by atoms with E-state index in [1.54, 1.807) is 6.08 Å². The molecule has 0 amide bonds. The summed E-state index contributed by atoms with van der Waals surface area (Å²) in [7, 11) is 0. The van der Waals surface area contributed by atoms with Crippen molar-refractivity contribution in [3.8, 4) is 0 Å². The number of aromatic amines is 1. The van der Waals surface area contributed by atoms with E-state index in [0.29, 0.717) is 0 Å². The molecule has 1 atom stereocenters. The maximum Gasteiger partial charge on any atom is 0.0633 e. The summed E-state index contributed by atoms with van der Waals surface area (Å²) in [5, 5.41) is 0.